The predicted molar refractivity (Wildman–Crippen MR) is 72.4 cm³/mol. The number of hydrogen-bond donors (Lipinski definition) is 0. The maximum absolute atomic E-state index is 13.9. The van der Waals surface area contributed by atoms with Crippen LogP contribution in [-0.4, -0.2) is 49.0 Å². The number of benzene rings is 1. The second-order valence-corrected chi connectivity index (χ2v) is 4.85. The Hall–Kier alpha value is -1.14. The number of morpholine rings is 1. The van der Waals surface area contributed by atoms with Gasteiger partial charge < -0.3 is 14.4 Å². The number of rotatable bonds is 3. The van der Waals surface area contributed by atoms with Crippen LogP contribution < -0.4 is 4.74 Å². The monoisotopic (exact) mass is 331 g/mol. The van der Waals surface area contributed by atoms with Crippen molar-refractivity contribution in [3.63, 3.8) is 0 Å². The second kappa shape index (κ2) is 6.34. The number of nitrogens with zero attached hydrogens (tertiary/aromatic N) is 1. The highest BCUT2D eigenvalue weighted by Crippen LogP contribution is 2.24. The molecule has 19 heavy (non-hydrogen) atoms. The van der Waals surface area contributed by atoms with E-state index in [-0.39, 0.29) is 23.3 Å². The molecule has 1 aromatic carbocycles. The molecule has 1 aliphatic rings. The van der Waals surface area contributed by atoms with Crippen LogP contribution in [0.2, 0.25) is 0 Å². The van der Waals surface area contributed by atoms with Crippen molar-refractivity contribution in [3.8, 4) is 5.75 Å². The fourth-order valence-electron chi connectivity index (χ4n) is 2.08. The van der Waals surface area contributed by atoms with Crippen LogP contribution in [0.3, 0.4) is 0 Å². The van der Waals surface area contributed by atoms with E-state index in [1.54, 1.807) is 11.0 Å². The lowest BCUT2D eigenvalue weighted by atomic mass is 10.1. The molecule has 1 unspecified atom stereocenters. The normalized spacial score (nSPS) is 19.3. The molecule has 0 spiro atoms. The topological polar surface area (TPSA) is 38.8 Å². The van der Waals surface area contributed by atoms with E-state index < -0.39 is 5.82 Å². The van der Waals surface area contributed by atoms with Crippen LogP contribution in [0.15, 0.2) is 18.2 Å². The van der Waals surface area contributed by atoms with Gasteiger partial charge in [0, 0.05) is 11.9 Å². The zero-order chi connectivity index (χ0) is 13.8. The quantitative estimate of drug-likeness (QED) is 0.796. The summed E-state index contributed by atoms with van der Waals surface area (Å²) in [5.74, 6) is -0.670. The molecule has 6 heteroatoms. The Kier molecular flexibility index (Phi) is 4.76. The van der Waals surface area contributed by atoms with E-state index in [0.29, 0.717) is 25.1 Å². The van der Waals surface area contributed by atoms with Crippen LogP contribution >= 0.6 is 15.9 Å². The first kappa shape index (κ1) is 14.3. The highest BCUT2D eigenvalue weighted by atomic mass is 79.9. The number of alkyl halides is 1. The molecule has 1 amide bonds. The molecule has 1 atom stereocenters. The number of carbonyl (C=O) groups excluding carboxylic acids is 1. The Morgan fingerprint density at radius 1 is 1.63 bits per heavy atom. The largest absolute Gasteiger partial charge is 0.496 e. The van der Waals surface area contributed by atoms with Crippen LogP contribution in [0.5, 0.6) is 5.75 Å². The van der Waals surface area contributed by atoms with Gasteiger partial charge in [-0.15, -0.1) is 0 Å². The first-order valence-electron chi connectivity index (χ1n) is 5.96. The van der Waals surface area contributed by atoms with Crippen molar-refractivity contribution in [2.75, 3.05) is 32.2 Å². The molecule has 1 aromatic rings. The minimum atomic E-state index is -0.566. The standard InChI is InChI=1S/C13H15BrFNO3/c1-18-11-4-2-3-10(15)12(11)13(17)16-5-6-19-8-9(16)7-14/h2-4,9H,5-8H2,1H3. The van der Waals surface area contributed by atoms with Gasteiger partial charge in [0.15, 0.2) is 0 Å². The summed E-state index contributed by atoms with van der Waals surface area (Å²) in [4.78, 5) is 14.1. The van der Waals surface area contributed by atoms with E-state index in [0.717, 1.165) is 0 Å². The molecule has 1 heterocycles. The minimum absolute atomic E-state index is 0.0159. The van der Waals surface area contributed by atoms with E-state index in [1.807, 2.05) is 0 Å². The van der Waals surface area contributed by atoms with Gasteiger partial charge in [-0.05, 0) is 12.1 Å². The fraction of sp³-hybridized carbons (Fsp3) is 0.462. The molecule has 1 aliphatic heterocycles. The predicted octanol–water partition coefficient (Wildman–Crippen LogP) is 2.07. The molecule has 0 aromatic heterocycles. The van der Waals surface area contributed by atoms with E-state index >= 15 is 0 Å². The van der Waals surface area contributed by atoms with Gasteiger partial charge in [-0.1, -0.05) is 22.0 Å². The molecule has 0 N–H and O–H groups in total. The molecular weight excluding hydrogens is 317 g/mol. The zero-order valence-corrected chi connectivity index (χ0v) is 12.2. The first-order chi connectivity index (χ1) is 9.19. The Labute approximate surface area is 119 Å². The smallest absolute Gasteiger partial charge is 0.261 e. The van der Waals surface area contributed by atoms with E-state index in [9.17, 15) is 9.18 Å². The third-order valence-electron chi connectivity index (χ3n) is 3.08. The summed E-state index contributed by atoms with van der Waals surface area (Å²) in [5, 5.41) is 0.593. The maximum atomic E-state index is 13.9. The SMILES string of the molecule is COc1cccc(F)c1C(=O)N1CCOCC1CBr. The van der Waals surface area contributed by atoms with Gasteiger partial charge in [0.25, 0.3) is 5.91 Å². The highest BCUT2D eigenvalue weighted by molar-refractivity contribution is 9.09. The second-order valence-electron chi connectivity index (χ2n) is 4.20. The van der Waals surface area contributed by atoms with Crippen molar-refractivity contribution in [2.45, 2.75) is 6.04 Å². The zero-order valence-electron chi connectivity index (χ0n) is 10.6. The van der Waals surface area contributed by atoms with Gasteiger partial charge in [0.05, 0.1) is 26.4 Å². The molecular formula is C13H15BrFNO3. The van der Waals surface area contributed by atoms with E-state index in [4.69, 9.17) is 9.47 Å². The first-order valence-corrected chi connectivity index (χ1v) is 7.08. The number of ether oxygens (including phenoxy) is 2. The van der Waals surface area contributed by atoms with Crippen LogP contribution in [-0.2, 0) is 4.74 Å². The summed E-state index contributed by atoms with van der Waals surface area (Å²) >= 11 is 3.35. The van der Waals surface area contributed by atoms with Crippen molar-refractivity contribution in [1.82, 2.24) is 4.90 Å². The highest BCUT2D eigenvalue weighted by Gasteiger charge is 2.30. The number of carbonyl (C=O) groups is 1. The summed E-state index contributed by atoms with van der Waals surface area (Å²) in [6, 6.07) is 4.27. The Bertz CT molecular complexity index is 469. The number of methoxy groups -OCH3 is 1. The third-order valence-corrected chi connectivity index (χ3v) is 3.82. The molecule has 104 valence electrons. The van der Waals surface area contributed by atoms with Crippen LogP contribution in [0.4, 0.5) is 4.39 Å². The molecule has 0 aliphatic carbocycles. The van der Waals surface area contributed by atoms with Gasteiger partial charge in [-0.3, -0.25) is 4.79 Å². The maximum Gasteiger partial charge on any atom is 0.261 e. The van der Waals surface area contributed by atoms with Gasteiger partial charge in [0.2, 0.25) is 0 Å². The summed E-state index contributed by atoms with van der Waals surface area (Å²) in [6.45, 7) is 1.37. The van der Waals surface area contributed by atoms with Crippen LogP contribution in [0, 0.1) is 5.82 Å². The number of halogens is 2. The van der Waals surface area contributed by atoms with Crippen molar-refractivity contribution >= 4 is 21.8 Å². The van der Waals surface area contributed by atoms with Gasteiger partial charge in [-0.25, -0.2) is 4.39 Å². The van der Waals surface area contributed by atoms with Crippen LogP contribution in [0.25, 0.3) is 0 Å². The minimum Gasteiger partial charge on any atom is -0.496 e. The average Bonchev–Trinajstić information content (AvgIpc) is 2.46. The molecule has 0 saturated carbocycles. The molecule has 1 fully saturated rings. The van der Waals surface area contributed by atoms with Crippen molar-refractivity contribution in [1.29, 1.82) is 0 Å². The third kappa shape index (κ3) is 2.90. The number of amides is 1. The summed E-state index contributed by atoms with van der Waals surface area (Å²) < 4.78 is 24.3. The molecule has 2 rings (SSSR count). The van der Waals surface area contributed by atoms with E-state index in [1.165, 1.54) is 19.2 Å². The Morgan fingerprint density at radius 3 is 3.11 bits per heavy atom. The number of hydrogen-bond acceptors (Lipinski definition) is 3. The van der Waals surface area contributed by atoms with Crippen molar-refractivity contribution in [3.05, 3.63) is 29.6 Å². The Morgan fingerprint density at radius 2 is 2.42 bits per heavy atom. The molecule has 0 bridgehead atoms. The lowest BCUT2D eigenvalue weighted by Gasteiger charge is -2.34. The fourth-order valence-corrected chi connectivity index (χ4v) is 2.61. The van der Waals surface area contributed by atoms with Gasteiger partial charge >= 0.3 is 0 Å². The van der Waals surface area contributed by atoms with Gasteiger partial charge in [-0.2, -0.15) is 0 Å². The van der Waals surface area contributed by atoms with Gasteiger partial charge in [0.1, 0.15) is 17.1 Å². The average molecular weight is 332 g/mol. The van der Waals surface area contributed by atoms with Crippen LogP contribution in [0.1, 0.15) is 10.4 Å². The molecule has 1 saturated heterocycles. The Balaban J connectivity index is 2.32. The van der Waals surface area contributed by atoms with E-state index in [2.05, 4.69) is 15.9 Å². The lowest BCUT2D eigenvalue weighted by molar-refractivity contribution is 0.00483. The molecule has 0 radical (unpaired) electrons. The van der Waals surface area contributed by atoms with Crippen molar-refractivity contribution in [2.24, 2.45) is 0 Å². The summed E-state index contributed by atoms with van der Waals surface area (Å²) in [7, 11) is 1.42. The summed E-state index contributed by atoms with van der Waals surface area (Å²) in [5.41, 5.74) is -0.0159. The summed E-state index contributed by atoms with van der Waals surface area (Å²) in [6.07, 6.45) is 0. The lowest BCUT2D eigenvalue weighted by Crippen LogP contribution is -2.49. The van der Waals surface area contributed by atoms with Crippen molar-refractivity contribution < 1.29 is 18.7 Å². The molecule has 4 nitrogen and oxygen atoms in total.